The van der Waals surface area contributed by atoms with Crippen LogP contribution in [0.15, 0.2) is 151 Å². The third kappa shape index (κ3) is 5.66. The Morgan fingerprint density at radius 1 is 0.588 bits per heavy atom. The minimum absolute atomic E-state index is 0.310. The molecule has 0 aliphatic heterocycles. The largest absolute Gasteiger partial charge is 0.416 e. The maximum atomic E-state index is 13.5. The highest BCUT2D eigenvalue weighted by Gasteiger charge is 2.31. The van der Waals surface area contributed by atoms with Gasteiger partial charge in [-0.1, -0.05) is 109 Å². The Hall–Kier alpha value is -6.02. The molecule has 8 aromatic rings. The van der Waals surface area contributed by atoms with E-state index in [-0.39, 0.29) is 0 Å². The lowest BCUT2D eigenvalue weighted by molar-refractivity contribution is -0.137. The lowest BCUT2D eigenvalue weighted by Gasteiger charge is -2.30. The van der Waals surface area contributed by atoms with Gasteiger partial charge in [-0.2, -0.15) is 26.3 Å². The zero-order valence-electron chi connectivity index (χ0n) is 26.9. The van der Waals surface area contributed by atoms with Crippen LogP contribution >= 0.6 is 0 Å². The predicted molar refractivity (Wildman–Crippen MR) is 196 cm³/mol. The van der Waals surface area contributed by atoms with Crippen LogP contribution in [0.3, 0.4) is 0 Å². The topological polar surface area (TPSA) is 29.3 Å². The predicted octanol–water partition coefficient (Wildman–Crippen LogP) is 13.0. The van der Waals surface area contributed by atoms with Crippen molar-refractivity contribution in [1.29, 1.82) is 0 Å². The first kappa shape index (κ1) is 32.2. The lowest BCUT2D eigenvalue weighted by atomic mass is 9.89. The Kier molecular flexibility index (Phi) is 7.63. The van der Waals surface area contributed by atoms with Crippen LogP contribution in [0, 0.1) is 0 Å². The summed E-state index contributed by atoms with van der Waals surface area (Å²) in [5.74, 6) is 0. The van der Waals surface area contributed by atoms with Crippen LogP contribution in [0.1, 0.15) is 12.0 Å². The second kappa shape index (κ2) is 12.1. The van der Waals surface area contributed by atoms with Crippen molar-refractivity contribution in [3.8, 4) is 11.1 Å². The molecule has 8 rings (SSSR count). The van der Waals surface area contributed by atoms with Gasteiger partial charge in [-0.05, 0) is 84.6 Å². The second-order valence-electron chi connectivity index (χ2n) is 12.5. The maximum Gasteiger partial charge on any atom is 0.416 e. The number of nitrogens with two attached hydrogens (primary N) is 1. The van der Waals surface area contributed by atoms with Gasteiger partial charge in [0.05, 0.1) is 23.4 Å². The van der Waals surface area contributed by atoms with E-state index in [1.807, 2.05) is 83.8 Å². The zero-order chi connectivity index (χ0) is 35.5. The fraction of sp³-hybridized carbons (Fsp3) is 0.0698. The van der Waals surface area contributed by atoms with Crippen molar-refractivity contribution >= 4 is 65.2 Å². The molecule has 2 N–H and O–H groups in total. The van der Waals surface area contributed by atoms with E-state index in [4.69, 9.17) is 5.73 Å². The monoisotopic (exact) mass is 686 g/mol. The lowest BCUT2D eigenvalue weighted by Crippen LogP contribution is -2.18. The van der Waals surface area contributed by atoms with Crippen molar-refractivity contribution in [2.24, 2.45) is 5.73 Å². The average molecular weight is 687 g/mol. The minimum Gasteiger partial charge on any atom is -0.403 e. The van der Waals surface area contributed by atoms with Crippen LogP contribution < -0.4 is 10.6 Å². The molecule has 252 valence electrons. The maximum absolute atomic E-state index is 13.5. The Labute approximate surface area is 288 Å². The van der Waals surface area contributed by atoms with Crippen molar-refractivity contribution in [1.82, 2.24) is 0 Å². The highest BCUT2D eigenvalue weighted by atomic mass is 19.4. The Morgan fingerprint density at radius 3 is 1.61 bits per heavy atom. The van der Waals surface area contributed by atoms with Crippen LogP contribution in [0.2, 0.25) is 0 Å². The highest BCUT2D eigenvalue weighted by molar-refractivity contribution is 6.25. The van der Waals surface area contributed by atoms with Gasteiger partial charge in [-0.3, -0.25) is 0 Å². The van der Waals surface area contributed by atoms with E-state index in [9.17, 15) is 26.3 Å². The number of benzene rings is 8. The highest BCUT2D eigenvalue weighted by Crippen LogP contribution is 2.48. The molecule has 0 aliphatic rings. The summed E-state index contributed by atoms with van der Waals surface area (Å²) in [7, 11) is 0. The third-order valence-corrected chi connectivity index (χ3v) is 9.40. The summed E-state index contributed by atoms with van der Waals surface area (Å²) in [6, 6.07) is 38.6. The summed E-state index contributed by atoms with van der Waals surface area (Å²) < 4.78 is 80.8. The molecule has 2 nitrogen and oxygen atoms in total. The first-order valence-electron chi connectivity index (χ1n) is 16.3. The Bertz CT molecular complexity index is 2530. The van der Waals surface area contributed by atoms with Gasteiger partial charge < -0.3 is 10.6 Å². The molecule has 0 unspecified atom stereocenters. The molecule has 8 heteroatoms. The number of fused-ring (bicyclic) bond motifs is 2. The molecule has 0 heterocycles. The number of nitrogens with zero attached hydrogens (tertiary/aromatic N) is 1. The molecule has 0 amide bonds. The third-order valence-electron chi connectivity index (χ3n) is 9.40. The first-order chi connectivity index (χ1) is 24.5. The van der Waals surface area contributed by atoms with Gasteiger partial charge >= 0.3 is 12.4 Å². The fourth-order valence-electron chi connectivity index (χ4n) is 7.27. The molecule has 0 aromatic heterocycles. The molecule has 0 fully saturated rings. The quantitative estimate of drug-likeness (QED) is 0.0816. The Morgan fingerprint density at radius 2 is 1.10 bits per heavy atom. The van der Waals surface area contributed by atoms with E-state index >= 15 is 0 Å². The van der Waals surface area contributed by atoms with E-state index < -0.39 is 24.3 Å². The molecular formula is C43H28F6N2. The van der Waals surface area contributed by atoms with Gasteiger partial charge in [-0.25, -0.2) is 0 Å². The smallest absolute Gasteiger partial charge is 0.403 e. The van der Waals surface area contributed by atoms with Crippen molar-refractivity contribution in [3.63, 3.8) is 0 Å². The molecule has 0 saturated heterocycles. The standard InChI is InChI=1S/C43H28F6N2/c44-42(45,46)22-6-9-32(25-50)51(33-23-29-16-14-26-7-5-8-27-15-17-30(24-33)39(29)38(26)27)41-36-12-3-1-10-34(36)40(35-11-2-4-13-37(35)41)28-18-20-31(21-19-28)43(47,48)49/h1-21,23-25H,22,50H2/b9-6-,32-25+. The fourth-order valence-corrected chi connectivity index (χ4v) is 7.27. The number of rotatable bonds is 6. The van der Waals surface area contributed by atoms with Gasteiger partial charge in [0.2, 0.25) is 0 Å². The molecule has 0 aliphatic carbocycles. The van der Waals surface area contributed by atoms with Crippen LogP contribution in [0.4, 0.5) is 37.7 Å². The molecule has 8 aromatic carbocycles. The number of allylic oxidation sites excluding steroid dienone is 2. The molecule has 0 atom stereocenters. The van der Waals surface area contributed by atoms with Crippen LogP contribution in [0.5, 0.6) is 0 Å². The number of alkyl halides is 6. The second-order valence-corrected chi connectivity index (χ2v) is 12.5. The SMILES string of the molecule is N/C=C(\C=C/CC(F)(F)F)N(c1cc2ccc3cccc4ccc(c1)c2c34)c1c2ccccc2c(-c2ccc(C(F)(F)F)cc2)c2ccccc12. The van der Waals surface area contributed by atoms with E-state index in [2.05, 4.69) is 24.3 Å². The van der Waals surface area contributed by atoms with Gasteiger partial charge in [0.25, 0.3) is 0 Å². The Balaban J connectivity index is 1.44. The molecule has 51 heavy (non-hydrogen) atoms. The van der Waals surface area contributed by atoms with Crippen molar-refractivity contribution in [3.05, 3.63) is 157 Å². The summed E-state index contributed by atoms with van der Waals surface area (Å²) in [6.07, 6.45) is -6.32. The van der Waals surface area contributed by atoms with Crippen molar-refractivity contribution in [2.75, 3.05) is 4.90 Å². The minimum atomic E-state index is -4.49. The summed E-state index contributed by atoms with van der Waals surface area (Å²) >= 11 is 0. The average Bonchev–Trinajstić information content (AvgIpc) is 3.12. The normalized spacial score (nSPS) is 13.1. The first-order valence-corrected chi connectivity index (χ1v) is 16.3. The van der Waals surface area contributed by atoms with E-state index in [0.717, 1.165) is 77.6 Å². The molecule has 0 bridgehead atoms. The van der Waals surface area contributed by atoms with Gasteiger partial charge in [-0.15, -0.1) is 0 Å². The molecular weight excluding hydrogens is 658 g/mol. The van der Waals surface area contributed by atoms with E-state index in [0.29, 0.717) is 22.6 Å². The van der Waals surface area contributed by atoms with E-state index in [1.165, 1.54) is 24.4 Å². The summed E-state index contributed by atoms with van der Waals surface area (Å²) in [5, 5.41) is 9.28. The van der Waals surface area contributed by atoms with Crippen LogP contribution in [0.25, 0.3) is 65.0 Å². The van der Waals surface area contributed by atoms with Crippen LogP contribution in [-0.4, -0.2) is 6.18 Å². The van der Waals surface area contributed by atoms with Gasteiger partial charge in [0.1, 0.15) is 0 Å². The molecule has 0 saturated carbocycles. The van der Waals surface area contributed by atoms with Gasteiger partial charge in [0.15, 0.2) is 0 Å². The summed E-state index contributed by atoms with van der Waals surface area (Å²) in [5.41, 5.74) is 8.51. The zero-order valence-corrected chi connectivity index (χ0v) is 26.9. The van der Waals surface area contributed by atoms with Gasteiger partial charge in [0, 0.05) is 22.7 Å². The van der Waals surface area contributed by atoms with E-state index in [1.54, 1.807) is 0 Å². The summed E-state index contributed by atoms with van der Waals surface area (Å²) in [6.45, 7) is 0. The molecule has 0 spiro atoms. The number of hydrogen-bond donors (Lipinski definition) is 1. The van der Waals surface area contributed by atoms with Crippen molar-refractivity contribution < 1.29 is 26.3 Å². The number of hydrogen-bond acceptors (Lipinski definition) is 2. The number of anilines is 2. The summed E-state index contributed by atoms with van der Waals surface area (Å²) in [4.78, 5) is 1.88. The van der Waals surface area contributed by atoms with Crippen molar-refractivity contribution in [2.45, 2.75) is 18.8 Å². The van der Waals surface area contributed by atoms with Crippen LogP contribution in [-0.2, 0) is 6.18 Å². The number of halogens is 6. The molecule has 0 radical (unpaired) electrons.